The van der Waals surface area contributed by atoms with Crippen molar-refractivity contribution in [2.75, 3.05) is 13.1 Å². The van der Waals surface area contributed by atoms with Crippen LogP contribution < -0.4 is 10.6 Å². The van der Waals surface area contributed by atoms with Crippen molar-refractivity contribution in [3.8, 4) is 0 Å². The van der Waals surface area contributed by atoms with E-state index in [2.05, 4.69) is 43.2 Å². The number of rotatable bonds is 4. The van der Waals surface area contributed by atoms with Gasteiger partial charge >= 0.3 is 0 Å². The van der Waals surface area contributed by atoms with Gasteiger partial charge in [-0.3, -0.25) is 15.0 Å². The van der Waals surface area contributed by atoms with Gasteiger partial charge in [0, 0.05) is 18.0 Å². The van der Waals surface area contributed by atoms with E-state index in [0.717, 1.165) is 19.0 Å². The lowest BCUT2D eigenvalue weighted by molar-refractivity contribution is -0.130. The largest absolute Gasteiger partial charge is 0.316 e. The highest BCUT2D eigenvalue weighted by Crippen LogP contribution is 2.52. The number of nitrogens with zero attached hydrogens (tertiary/aromatic N) is 1. The molecule has 6 atom stereocenters. The number of likely N-dealkylation sites (tertiary alicyclic amines) is 1. The van der Waals surface area contributed by atoms with Crippen molar-refractivity contribution in [1.29, 1.82) is 0 Å². The second-order valence-corrected chi connectivity index (χ2v) is 9.97. The smallest absolute Gasteiger partial charge is 0.152 e. The molecule has 4 fully saturated rings. The van der Waals surface area contributed by atoms with E-state index in [-0.39, 0.29) is 12.0 Å². The van der Waals surface area contributed by atoms with Gasteiger partial charge in [0.15, 0.2) is 5.78 Å². The summed E-state index contributed by atoms with van der Waals surface area (Å²) in [5.41, 5.74) is 0. The molecule has 4 aliphatic rings. The van der Waals surface area contributed by atoms with Gasteiger partial charge in [-0.2, -0.15) is 0 Å². The van der Waals surface area contributed by atoms with Crippen LogP contribution in [0.5, 0.6) is 0 Å². The zero-order valence-corrected chi connectivity index (χ0v) is 17.2. The number of hydrogen-bond donors (Lipinski definition) is 2. The minimum Gasteiger partial charge on any atom is -0.316 e. The van der Waals surface area contributed by atoms with Gasteiger partial charge in [-0.15, -0.1) is 0 Å². The Balaban J connectivity index is 1.72. The van der Waals surface area contributed by atoms with Crippen LogP contribution in [0, 0.1) is 29.6 Å². The van der Waals surface area contributed by atoms with Crippen molar-refractivity contribution in [3.05, 3.63) is 0 Å². The third-order valence-corrected chi connectivity index (χ3v) is 7.88. The van der Waals surface area contributed by atoms with E-state index in [4.69, 9.17) is 0 Å². The number of carbonyl (C=O) groups excluding carboxylic acids is 1. The first kappa shape index (κ1) is 18.9. The molecule has 3 heterocycles. The molecule has 0 aromatic heterocycles. The van der Waals surface area contributed by atoms with Crippen LogP contribution in [0.1, 0.15) is 66.2 Å². The molecule has 2 N–H and O–H groups in total. The summed E-state index contributed by atoms with van der Waals surface area (Å²) >= 11 is 0. The van der Waals surface area contributed by atoms with E-state index >= 15 is 0 Å². The lowest BCUT2D eigenvalue weighted by Gasteiger charge is -2.41. The Hall–Kier alpha value is -0.450. The van der Waals surface area contributed by atoms with Gasteiger partial charge in [0.25, 0.3) is 0 Å². The quantitative estimate of drug-likeness (QED) is 0.808. The van der Waals surface area contributed by atoms with Gasteiger partial charge in [0.1, 0.15) is 0 Å². The summed E-state index contributed by atoms with van der Waals surface area (Å²) in [6.45, 7) is 11.1. The van der Waals surface area contributed by atoms with Crippen LogP contribution in [0.4, 0.5) is 0 Å². The molecule has 0 amide bonds. The predicted molar refractivity (Wildman–Crippen MR) is 106 cm³/mol. The van der Waals surface area contributed by atoms with E-state index in [9.17, 15) is 4.79 Å². The summed E-state index contributed by atoms with van der Waals surface area (Å²) in [7, 11) is 0. The Morgan fingerprint density at radius 2 is 1.73 bits per heavy atom. The molecule has 0 bridgehead atoms. The molecule has 0 aromatic rings. The average Bonchev–Trinajstić information content (AvgIpc) is 3.15. The number of piperidine rings is 1. The highest BCUT2D eigenvalue weighted by molar-refractivity contribution is 5.86. The summed E-state index contributed by atoms with van der Waals surface area (Å²) in [5, 5.41) is 7.67. The lowest BCUT2D eigenvalue weighted by Crippen LogP contribution is -2.54. The van der Waals surface area contributed by atoms with Crippen molar-refractivity contribution < 1.29 is 4.79 Å². The topological polar surface area (TPSA) is 44.4 Å². The molecule has 0 spiro atoms. The third-order valence-electron chi connectivity index (χ3n) is 7.88. The first-order valence-corrected chi connectivity index (χ1v) is 11.3. The van der Waals surface area contributed by atoms with Crippen molar-refractivity contribution in [2.24, 2.45) is 29.6 Å². The summed E-state index contributed by atoms with van der Waals surface area (Å²) in [5.74, 6) is 3.27. The second kappa shape index (κ2) is 7.52. The molecule has 1 aliphatic carbocycles. The first-order valence-electron chi connectivity index (χ1n) is 11.3. The van der Waals surface area contributed by atoms with Crippen LogP contribution in [0.25, 0.3) is 0 Å². The van der Waals surface area contributed by atoms with E-state index in [1.807, 2.05) is 0 Å². The lowest BCUT2D eigenvalue weighted by atomic mass is 9.67. The fraction of sp³-hybridized carbons (Fsp3) is 0.955. The maximum Gasteiger partial charge on any atom is 0.152 e. The van der Waals surface area contributed by atoms with E-state index < -0.39 is 0 Å². The highest BCUT2D eigenvalue weighted by Gasteiger charge is 2.61. The summed E-state index contributed by atoms with van der Waals surface area (Å²) in [6.07, 6.45) is 8.44. The fourth-order valence-corrected chi connectivity index (χ4v) is 6.83. The van der Waals surface area contributed by atoms with Gasteiger partial charge in [-0.25, -0.2) is 0 Å². The molecule has 26 heavy (non-hydrogen) atoms. The normalized spacial score (nSPS) is 41.6. The third kappa shape index (κ3) is 3.06. The molecule has 4 rings (SSSR count). The summed E-state index contributed by atoms with van der Waals surface area (Å²) in [6, 6.07) is 1.20. The minimum atomic E-state index is 0.128. The highest BCUT2D eigenvalue weighted by atomic mass is 16.1. The Kier molecular flexibility index (Phi) is 5.46. The minimum absolute atomic E-state index is 0.128. The number of nitrogens with one attached hydrogen (secondary N) is 2. The van der Waals surface area contributed by atoms with Crippen LogP contribution in [0.15, 0.2) is 0 Å². The van der Waals surface area contributed by atoms with Crippen molar-refractivity contribution in [2.45, 2.75) is 90.5 Å². The van der Waals surface area contributed by atoms with Gasteiger partial charge in [0.2, 0.25) is 0 Å². The van der Waals surface area contributed by atoms with Crippen molar-refractivity contribution in [3.63, 3.8) is 0 Å². The van der Waals surface area contributed by atoms with Crippen LogP contribution >= 0.6 is 0 Å². The average molecular weight is 362 g/mol. The van der Waals surface area contributed by atoms with Crippen LogP contribution in [-0.2, 0) is 4.79 Å². The maximum absolute atomic E-state index is 13.4. The predicted octanol–water partition coefficient (Wildman–Crippen LogP) is 3.02. The number of carbonyl (C=O) groups is 1. The molecule has 4 nitrogen and oxygen atoms in total. The molecule has 1 saturated carbocycles. The Labute approximate surface area is 159 Å². The molecule has 0 radical (unpaired) electrons. The van der Waals surface area contributed by atoms with Crippen LogP contribution in [0.3, 0.4) is 0 Å². The molecule has 4 heteroatoms. The number of ketones is 1. The SMILES string of the molecule is CC(C)C(=O)C1C(C2CCCCC2)C2C3CNCCC3NC2N1C(C)C. The zero-order chi connectivity index (χ0) is 18.4. The van der Waals surface area contributed by atoms with Gasteiger partial charge in [-0.1, -0.05) is 46.0 Å². The number of hydrogen-bond acceptors (Lipinski definition) is 4. The fourth-order valence-electron chi connectivity index (χ4n) is 6.83. The molecular weight excluding hydrogens is 322 g/mol. The molecule has 148 valence electrons. The molecule has 0 aromatic carbocycles. The maximum atomic E-state index is 13.4. The monoisotopic (exact) mass is 361 g/mol. The van der Waals surface area contributed by atoms with Gasteiger partial charge in [-0.05, 0) is 57.0 Å². The van der Waals surface area contributed by atoms with Crippen LogP contribution in [-0.4, -0.2) is 48.1 Å². The molecule has 6 unspecified atom stereocenters. The van der Waals surface area contributed by atoms with Crippen molar-refractivity contribution >= 4 is 5.78 Å². The van der Waals surface area contributed by atoms with Crippen LogP contribution in [0.2, 0.25) is 0 Å². The van der Waals surface area contributed by atoms with E-state index in [1.54, 1.807) is 0 Å². The first-order chi connectivity index (χ1) is 12.5. The van der Waals surface area contributed by atoms with E-state index in [0.29, 0.717) is 41.8 Å². The standard InChI is InChI=1S/C22H39N3O/c1-13(2)21(26)20-18(15-8-6-5-7-9-15)19-16-12-23-11-10-17(16)24-22(19)25(20)14(3)4/h13-20,22-24H,5-12H2,1-4H3. The Morgan fingerprint density at radius 3 is 2.38 bits per heavy atom. The molecule has 3 saturated heterocycles. The zero-order valence-electron chi connectivity index (χ0n) is 17.2. The Morgan fingerprint density at radius 1 is 1.00 bits per heavy atom. The Bertz CT molecular complexity index is 514. The number of fused-ring (bicyclic) bond motifs is 3. The molecular formula is C22H39N3O. The van der Waals surface area contributed by atoms with Gasteiger partial charge in [0.05, 0.1) is 12.2 Å². The van der Waals surface area contributed by atoms with Crippen molar-refractivity contribution in [1.82, 2.24) is 15.5 Å². The molecule has 3 aliphatic heterocycles. The number of Topliss-reactive ketones (excluding diaryl/α,β-unsaturated/α-hetero) is 1. The van der Waals surface area contributed by atoms with Gasteiger partial charge < -0.3 is 5.32 Å². The summed E-state index contributed by atoms with van der Waals surface area (Å²) < 4.78 is 0. The van der Waals surface area contributed by atoms with E-state index in [1.165, 1.54) is 38.5 Å². The summed E-state index contributed by atoms with van der Waals surface area (Å²) in [4.78, 5) is 16.0. The second-order valence-electron chi connectivity index (χ2n) is 9.97.